The number of esters is 1. The zero-order valence-corrected chi connectivity index (χ0v) is 25.5. The Balaban J connectivity index is 1.52. The molecule has 1 aliphatic heterocycles. The Morgan fingerprint density at radius 1 is 1.02 bits per heavy atom. The summed E-state index contributed by atoms with van der Waals surface area (Å²) in [6, 6.07) is 15.5. The number of hydrogen-bond donors (Lipinski definition) is 3. The normalized spacial score (nSPS) is 16.4. The Kier molecular flexibility index (Phi) is 12.0. The van der Waals surface area contributed by atoms with E-state index >= 15 is 0 Å². The molecule has 0 radical (unpaired) electrons. The van der Waals surface area contributed by atoms with Crippen molar-refractivity contribution in [2.24, 2.45) is 5.73 Å². The van der Waals surface area contributed by atoms with Crippen molar-refractivity contribution in [2.75, 3.05) is 19.7 Å². The highest BCUT2D eigenvalue weighted by molar-refractivity contribution is 5.98. The van der Waals surface area contributed by atoms with Crippen LogP contribution in [0.1, 0.15) is 75.6 Å². The molecule has 1 unspecified atom stereocenters. The van der Waals surface area contributed by atoms with E-state index in [9.17, 15) is 23.5 Å². The summed E-state index contributed by atoms with van der Waals surface area (Å²) in [5.74, 6) is -2.24. The van der Waals surface area contributed by atoms with Gasteiger partial charge in [-0.1, -0.05) is 31.2 Å². The van der Waals surface area contributed by atoms with Crippen molar-refractivity contribution in [2.45, 2.75) is 77.1 Å². The Morgan fingerprint density at radius 3 is 2.48 bits per heavy atom. The average Bonchev–Trinajstić information content (AvgIpc) is 3.00. The number of carbonyl (C=O) groups is 2. The molecular formula is C35H43F2N3O4. The number of amides is 1. The number of halogens is 2. The monoisotopic (exact) mass is 607 g/mol. The van der Waals surface area contributed by atoms with Crippen LogP contribution in [0.3, 0.4) is 0 Å². The van der Waals surface area contributed by atoms with Crippen LogP contribution in [0.4, 0.5) is 8.78 Å². The number of ether oxygens (including phenoxy) is 1. The number of nitrogens with zero attached hydrogens (tertiary/aromatic N) is 1. The van der Waals surface area contributed by atoms with Gasteiger partial charge >= 0.3 is 5.97 Å². The van der Waals surface area contributed by atoms with Gasteiger partial charge in [0, 0.05) is 50.0 Å². The van der Waals surface area contributed by atoms with E-state index in [-0.39, 0.29) is 37.1 Å². The second kappa shape index (κ2) is 15.9. The molecule has 0 aromatic heterocycles. The van der Waals surface area contributed by atoms with Gasteiger partial charge in [-0.25, -0.2) is 13.6 Å². The number of nitrogens with one attached hydrogen (secondary N) is 1. The summed E-state index contributed by atoms with van der Waals surface area (Å²) in [6.07, 6.45) is 3.39. The van der Waals surface area contributed by atoms with Gasteiger partial charge < -0.3 is 25.8 Å². The third-order valence-corrected chi connectivity index (χ3v) is 8.11. The van der Waals surface area contributed by atoms with E-state index in [0.29, 0.717) is 30.6 Å². The van der Waals surface area contributed by atoms with Crippen molar-refractivity contribution in [1.82, 2.24) is 10.2 Å². The predicted molar refractivity (Wildman–Crippen MR) is 166 cm³/mol. The first-order chi connectivity index (χ1) is 21.2. The first-order valence-electron chi connectivity index (χ1n) is 15.4. The van der Waals surface area contributed by atoms with Crippen molar-refractivity contribution in [3.8, 4) is 0 Å². The Morgan fingerprint density at radius 2 is 1.75 bits per heavy atom. The third kappa shape index (κ3) is 9.17. The fraction of sp³-hybridized carbons (Fsp3) is 0.429. The van der Waals surface area contributed by atoms with Crippen LogP contribution in [0.5, 0.6) is 0 Å². The molecule has 3 aromatic rings. The Hall–Kier alpha value is -3.66. The number of likely N-dealkylation sites (tertiary alicyclic amines) is 1. The van der Waals surface area contributed by atoms with Crippen LogP contribution >= 0.6 is 0 Å². The number of benzene rings is 3. The molecule has 1 amide bonds. The molecule has 3 atom stereocenters. The number of aryl methyl sites for hydroxylation is 2. The number of piperidine rings is 1. The minimum Gasteiger partial charge on any atom is -0.456 e. The lowest BCUT2D eigenvalue weighted by Gasteiger charge is -2.35. The molecule has 4 N–H and O–H groups in total. The maximum Gasteiger partial charge on any atom is 0.338 e. The van der Waals surface area contributed by atoms with Crippen molar-refractivity contribution >= 4 is 11.9 Å². The summed E-state index contributed by atoms with van der Waals surface area (Å²) < 4.78 is 33.7. The fourth-order valence-corrected chi connectivity index (χ4v) is 5.84. The second-order valence-electron chi connectivity index (χ2n) is 11.6. The molecule has 1 saturated heterocycles. The first kappa shape index (κ1) is 33.2. The van der Waals surface area contributed by atoms with E-state index in [4.69, 9.17) is 10.5 Å². The molecule has 3 aromatic carbocycles. The number of rotatable bonds is 13. The van der Waals surface area contributed by atoms with Crippen molar-refractivity contribution < 1.29 is 28.2 Å². The molecule has 4 rings (SSSR count). The van der Waals surface area contributed by atoms with E-state index in [1.807, 2.05) is 19.1 Å². The highest BCUT2D eigenvalue weighted by atomic mass is 19.1. The van der Waals surface area contributed by atoms with E-state index in [1.54, 1.807) is 17.0 Å². The summed E-state index contributed by atoms with van der Waals surface area (Å²) >= 11 is 0. The smallest absolute Gasteiger partial charge is 0.338 e. The summed E-state index contributed by atoms with van der Waals surface area (Å²) in [4.78, 5) is 28.8. The molecule has 1 aliphatic rings. The zero-order valence-electron chi connectivity index (χ0n) is 25.5. The number of aliphatic hydroxyl groups excluding tert-OH is 1. The molecule has 236 valence electrons. The molecule has 0 spiro atoms. The molecule has 1 heterocycles. The molecule has 1 fully saturated rings. The largest absolute Gasteiger partial charge is 0.456 e. The van der Waals surface area contributed by atoms with Gasteiger partial charge in [-0.15, -0.1) is 0 Å². The molecular weight excluding hydrogens is 564 g/mol. The summed E-state index contributed by atoms with van der Waals surface area (Å²) in [6.45, 7) is 5.21. The molecule has 0 aliphatic carbocycles. The van der Waals surface area contributed by atoms with Gasteiger partial charge in [0.15, 0.2) is 0 Å². The van der Waals surface area contributed by atoms with E-state index < -0.39 is 29.7 Å². The van der Waals surface area contributed by atoms with Crippen LogP contribution in [-0.2, 0) is 24.1 Å². The highest BCUT2D eigenvalue weighted by Gasteiger charge is 2.29. The number of aliphatic hydroxyl groups is 1. The predicted octanol–water partition coefficient (Wildman–Crippen LogP) is 5.10. The summed E-state index contributed by atoms with van der Waals surface area (Å²) in [5.41, 5.74) is 10.5. The van der Waals surface area contributed by atoms with Crippen LogP contribution in [0, 0.1) is 18.6 Å². The van der Waals surface area contributed by atoms with Crippen LogP contribution < -0.4 is 11.1 Å². The lowest BCUT2D eigenvalue weighted by Crippen LogP contribution is -2.46. The standard InChI is InChI=1S/C35H43F2N3O4/c1-3-24-7-6-8-25(15-24)21-39-22-33(32(38)18-26-16-29(36)20-30(37)17-26)44-35(43)28-14-23(2)13-27(19-28)34(42)40-11-5-4-9-31(40)10-12-41/h6-8,13-17,19-20,31-33,39,41H,3-5,9-12,18,21-22,38H2,1-2H3/t31-,32?,33+/m0/s1. The number of nitrogens with two attached hydrogens (primary N) is 1. The maximum atomic E-state index is 13.9. The van der Waals surface area contributed by atoms with Crippen LogP contribution in [-0.4, -0.2) is 59.8 Å². The highest BCUT2D eigenvalue weighted by Crippen LogP contribution is 2.23. The van der Waals surface area contributed by atoms with Crippen LogP contribution in [0.25, 0.3) is 0 Å². The first-order valence-corrected chi connectivity index (χ1v) is 15.4. The van der Waals surface area contributed by atoms with E-state index in [0.717, 1.165) is 42.9 Å². The Labute approximate surface area is 258 Å². The van der Waals surface area contributed by atoms with E-state index in [1.165, 1.54) is 23.8 Å². The lowest BCUT2D eigenvalue weighted by atomic mass is 9.97. The molecule has 7 nitrogen and oxygen atoms in total. The van der Waals surface area contributed by atoms with Crippen molar-refractivity contribution in [1.29, 1.82) is 0 Å². The fourth-order valence-electron chi connectivity index (χ4n) is 5.84. The van der Waals surface area contributed by atoms with Crippen molar-refractivity contribution in [3.63, 3.8) is 0 Å². The van der Waals surface area contributed by atoms with Gasteiger partial charge in [-0.2, -0.15) is 0 Å². The van der Waals surface area contributed by atoms with Gasteiger partial charge in [0.05, 0.1) is 5.56 Å². The van der Waals surface area contributed by atoms with Gasteiger partial charge in [0.1, 0.15) is 17.7 Å². The minimum absolute atomic E-state index is 0.00181. The number of hydrogen-bond acceptors (Lipinski definition) is 6. The lowest BCUT2D eigenvalue weighted by molar-refractivity contribution is 0.0238. The van der Waals surface area contributed by atoms with Gasteiger partial charge in [0.2, 0.25) is 0 Å². The van der Waals surface area contributed by atoms with Gasteiger partial charge in [-0.05, 0) is 98.0 Å². The van der Waals surface area contributed by atoms with Crippen LogP contribution in [0.15, 0.2) is 60.7 Å². The van der Waals surface area contributed by atoms with E-state index in [2.05, 4.69) is 24.4 Å². The SMILES string of the molecule is CCc1cccc(CNC[C@@H](OC(=O)c2cc(C)cc(C(=O)N3CCCC[C@H]3CCO)c2)C(N)Cc2cc(F)cc(F)c2)c1. The topological polar surface area (TPSA) is 105 Å². The van der Waals surface area contributed by atoms with Gasteiger partial charge in [-0.3, -0.25) is 4.79 Å². The molecule has 9 heteroatoms. The zero-order chi connectivity index (χ0) is 31.6. The quantitative estimate of drug-likeness (QED) is 0.234. The minimum atomic E-state index is -0.834. The van der Waals surface area contributed by atoms with Gasteiger partial charge in [0.25, 0.3) is 5.91 Å². The molecule has 0 bridgehead atoms. The summed E-state index contributed by atoms with van der Waals surface area (Å²) in [7, 11) is 0. The number of carbonyl (C=O) groups excluding carboxylic acids is 2. The average molecular weight is 608 g/mol. The van der Waals surface area contributed by atoms with Crippen LogP contribution in [0.2, 0.25) is 0 Å². The third-order valence-electron chi connectivity index (χ3n) is 8.11. The Bertz CT molecular complexity index is 1410. The molecule has 0 saturated carbocycles. The molecule has 44 heavy (non-hydrogen) atoms. The summed E-state index contributed by atoms with van der Waals surface area (Å²) in [5, 5.41) is 12.8. The maximum absolute atomic E-state index is 13.9. The second-order valence-corrected chi connectivity index (χ2v) is 11.6. The van der Waals surface area contributed by atoms with Crippen molar-refractivity contribution in [3.05, 3.63) is 106 Å².